The predicted molar refractivity (Wildman–Crippen MR) is 65.3 cm³/mol. The highest BCUT2D eigenvalue weighted by Gasteiger charge is 2.15. The van der Waals surface area contributed by atoms with Crippen LogP contribution in [0.5, 0.6) is 0 Å². The minimum absolute atomic E-state index is 0.0912. The van der Waals surface area contributed by atoms with Crippen LogP contribution in [0.4, 0.5) is 11.5 Å². The van der Waals surface area contributed by atoms with Crippen LogP contribution in [0.1, 0.15) is 13.3 Å². The van der Waals surface area contributed by atoms with E-state index in [2.05, 4.69) is 10.3 Å². The maximum absolute atomic E-state index is 10.7. The summed E-state index contributed by atoms with van der Waals surface area (Å²) in [4.78, 5) is 14.1. The molecule has 0 saturated carbocycles. The number of aliphatic hydroxyl groups excluding tert-OH is 1. The van der Waals surface area contributed by atoms with Crippen LogP contribution < -0.4 is 5.32 Å². The first-order valence-electron chi connectivity index (χ1n) is 5.20. The summed E-state index contributed by atoms with van der Waals surface area (Å²) in [5.74, 6) is 0.354. The fourth-order valence-electron chi connectivity index (χ4n) is 1.30. The van der Waals surface area contributed by atoms with Gasteiger partial charge in [0.2, 0.25) is 5.82 Å². The maximum Gasteiger partial charge on any atom is 0.311 e. The number of hydrogen-bond donors (Lipinski definition) is 2. The topological polar surface area (TPSA) is 88.3 Å². The zero-order chi connectivity index (χ0) is 12.8. The number of pyridine rings is 1. The number of anilines is 1. The minimum Gasteiger partial charge on any atom is -0.396 e. The molecule has 1 unspecified atom stereocenters. The van der Waals surface area contributed by atoms with Crippen molar-refractivity contribution in [3.63, 3.8) is 0 Å². The summed E-state index contributed by atoms with van der Waals surface area (Å²) < 4.78 is 0. The summed E-state index contributed by atoms with van der Waals surface area (Å²) in [6, 6.07) is 2.69. The van der Waals surface area contributed by atoms with Crippen molar-refractivity contribution in [2.75, 3.05) is 18.5 Å². The normalized spacial score (nSPS) is 12.2. The Kier molecular flexibility index (Phi) is 5.11. The van der Waals surface area contributed by atoms with E-state index in [1.165, 1.54) is 12.1 Å². The van der Waals surface area contributed by atoms with E-state index < -0.39 is 4.92 Å². The molecule has 0 aliphatic carbocycles. The molecule has 0 bridgehead atoms. The number of nitrogens with zero attached hydrogens (tertiary/aromatic N) is 2. The summed E-state index contributed by atoms with van der Waals surface area (Å²) in [6.45, 7) is 2.52. The highest BCUT2D eigenvalue weighted by molar-refractivity contribution is 6.29. The molecular formula is C10H14ClN3O3. The summed E-state index contributed by atoms with van der Waals surface area (Å²) in [6.07, 6.45) is 0.626. The third-order valence-electron chi connectivity index (χ3n) is 2.28. The van der Waals surface area contributed by atoms with Gasteiger partial charge in [-0.1, -0.05) is 18.5 Å². The number of nitrogens with one attached hydrogen (secondary N) is 1. The molecule has 17 heavy (non-hydrogen) atoms. The number of hydrogen-bond acceptors (Lipinski definition) is 5. The van der Waals surface area contributed by atoms with Gasteiger partial charge in [0.15, 0.2) is 0 Å². The number of aliphatic hydroxyl groups is 1. The number of nitro groups is 1. The van der Waals surface area contributed by atoms with E-state index in [1.54, 1.807) is 0 Å². The zero-order valence-corrected chi connectivity index (χ0v) is 10.1. The van der Waals surface area contributed by atoms with Crippen LogP contribution in [0.2, 0.25) is 5.15 Å². The Morgan fingerprint density at radius 2 is 2.35 bits per heavy atom. The van der Waals surface area contributed by atoms with Crippen molar-refractivity contribution in [3.8, 4) is 0 Å². The summed E-state index contributed by atoms with van der Waals surface area (Å²) in [5, 5.41) is 22.6. The predicted octanol–water partition coefficient (Wildman–Crippen LogP) is 2.07. The van der Waals surface area contributed by atoms with Gasteiger partial charge >= 0.3 is 5.69 Å². The van der Waals surface area contributed by atoms with E-state index in [9.17, 15) is 10.1 Å². The lowest BCUT2D eigenvalue weighted by molar-refractivity contribution is -0.384. The van der Waals surface area contributed by atoms with Gasteiger partial charge in [-0.25, -0.2) is 4.98 Å². The van der Waals surface area contributed by atoms with Crippen LogP contribution in [0.25, 0.3) is 0 Å². The molecule has 7 heteroatoms. The van der Waals surface area contributed by atoms with E-state index in [4.69, 9.17) is 16.7 Å². The van der Waals surface area contributed by atoms with Gasteiger partial charge in [-0.05, 0) is 18.4 Å². The summed E-state index contributed by atoms with van der Waals surface area (Å²) in [5.41, 5.74) is -0.106. The smallest absolute Gasteiger partial charge is 0.311 e. The molecule has 1 aromatic rings. The van der Waals surface area contributed by atoms with Crippen molar-refractivity contribution in [1.29, 1.82) is 0 Å². The molecule has 0 spiro atoms. The van der Waals surface area contributed by atoms with Crippen molar-refractivity contribution < 1.29 is 10.0 Å². The van der Waals surface area contributed by atoms with Crippen molar-refractivity contribution >= 4 is 23.1 Å². The van der Waals surface area contributed by atoms with E-state index in [0.717, 1.165) is 0 Å². The first-order valence-corrected chi connectivity index (χ1v) is 5.58. The Hall–Kier alpha value is -1.40. The van der Waals surface area contributed by atoms with Crippen LogP contribution in [-0.4, -0.2) is 28.2 Å². The average Bonchev–Trinajstić information content (AvgIpc) is 2.26. The van der Waals surface area contributed by atoms with Crippen LogP contribution in [-0.2, 0) is 0 Å². The van der Waals surface area contributed by atoms with E-state index in [1.807, 2.05) is 6.92 Å². The van der Waals surface area contributed by atoms with E-state index in [-0.39, 0.29) is 29.2 Å². The van der Waals surface area contributed by atoms with Crippen LogP contribution in [0, 0.1) is 16.0 Å². The number of aromatic nitrogens is 1. The standard InChI is InChI=1S/C10H14ClN3O3/c1-7(4-5-15)6-12-10-8(14(16)17)2-3-9(11)13-10/h2-3,7,15H,4-6H2,1H3,(H,12,13). The van der Waals surface area contributed by atoms with Crippen molar-refractivity contribution in [1.82, 2.24) is 4.98 Å². The molecule has 0 aliphatic rings. The summed E-state index contributed by atoms with van der Waals surface area (Å²) in [7, 11) is 0. The van der Waals surface area contributed by atoms with Gasteiger partial charge in [-0.3, -0.25) is 10.1 Å². The number of rotatable bonds is 6. The molecule has 1 heterocycles. The molecular weight excluding hydrogens is 246 g/mol. The monoisotopic (exact) mass is 259 g/mol. The minimum atomic E-state index is -0.512. The van der Waals surface area contributed by atoms with Gasteiger partial charge in [0.05, 0.1) is 4.92 Å². The molecule has 0 amide bonds. The Morgan fingerprint density at radius 1 is 1.65 bits per heavy atom. The molecule has 1 rings (SSSR count). The lowest BCUT2D eigenvalue weighted by Crippen LogP contribution is -2.14. The largest absolute Gasteiger partial charge is 0.396 e. The van der Waals surface area contributed by atoms with Crippen LogP contribution in [0.15, 0.2) is 12.1 Å². The highest BCUT2D eigenvalue weighted by Crippen LogP contribution is 2.24. The Labute approximate surface area is 104 Å². The Bertz CT molecular complexity index is 400. The molecule has 0 fully saturated rings. The van der Waals surface area contributed by atoms with Crippen molar-refractivity contribution in [2.24, 2.45) is 5.92 Å². The van der Waals surface area contributed by atoms with Gasteiger partial charge in [-0.2, -0.15) is 0 Å². The van der Waals surface area contributed by atoms with Gasteiger partial charge in [-0.15, -0.1) is 0 Å². The first kappa shape index (κ1) is 13.7. The third kappa shape index (κ3) is 4.16. The summed E-state index contributed by atoms with van der Waals surface area (Å²) >= 11 is 5.68. The van der Waals surface area contributed by atoms with Gasteiger partial charge in [0.1, 0.15) is 5.15 Å². The second kappa shape index (κ2) is 6.36. The van der Waals surface area contributed by atoms with E-state index in [0.29, 0.717) is 13.0 Å². The third-order valence-corrected chi connectivity index (χ3v) is 2.49. The van der Waals surface area contributed by atoms with E-state index >= 15 is 0 Å². The maximum atomic E-state index is 10.7. The zero-order valence-electron chi connectivity index (χ0n) is 9.39. The molecule has 0 radical (unpaired) electrons. The molecule has 1 aromatic heterocycles. The number of halogens is 1. The Balaban J connectivity index is 2.75. The average molecular weight is 260 g/mol. The Morgan fingerprint density at radius 3 is 2.94 bits per heavy atom. The molecule has 0 aromatic carbocycles. The lowest BCUT2D eigenvalue weighted by atomic mass is 10.1. The fraction of sp³-hybridized carbons (Fsp3) is 0.500. The molecule has 2 N–H and O–H groups in total. The molecule has 94 valence electrons. The quantitative estimate of drug-likeness (QED) is 0.464. The first-order chi connectivity index (χ1) is 8.04. The lowest BCUT2D eigenvalue weighted by Gasteiger charge is -2.11. The van der Waals surface area contributed by atoms with Crippen molar-refractivity contribution in [3.05, 3.63) is 27.4 Å². The van der Waals surface area contributed by atoms with Crippen molar-refractivity contribution in [2.45, 2.75) is 13.3 Å². The second-order valence-electron chi connectivity index (χ2n) is 3.76. The molecule has 1 atom stereocenters. The van der Waals surface area contributed by atoms with Gasteiger partial charge < -0.3 is 10.4 Å². The second-order valence-corrected chi connectivity index (χ2v) is 4.14. The molecule has 0 saturated heterocycles. The van der Waals surface area contributed by atoms with Gasteiger partial charge in [0, 0.05) is 19.2 Å². The molecule has 0 aliphatic heterocycles. The fourth-order valence-corrected chi connectivity index (χ4v) is 1.45. The van der Waals surface area contributed by atoms with Gasteiger partial charge in [0.25, 0.3) is 0 Å². The highest BCUT2D eigenvalue weighted by atomic mass is 35.5. The molecule has 6 nitrogen and oxygen atoms in total. The van der Waals surface area contributed by atoms with Crippen LogP contribution in [0.3, 0.4) is 0 Å². The SMILES string of the molecule is CC(CCO)CNc1nc(Cl)ccc1[N+](=O)[O-]. The van der Waals surface area contributed by atoms with Crippen LogP contribution >= 0.6 is 11.6 Å².